The molecule has 0 atom stereocenters. The summed E-state index contributed by atoms with van der Waals surface area (Å²) in [6.45, 7) is 1.81. The van der Waals surface area contributed by atoms with Crippen molar-refractivity contribution < 1.29 is 4.79 Å². The Balaban J connectivity index is 2.31. The van der Waals surface area contributed by atoms with E-state index in [4.69, 9.17) is 5.73 Å². The minimum Gasteiger partial charge on any atom is -0.364 e. The van der Waals surface area contributed by atoms with Crippen LogP contribution >= 0.6 is 0 Å². The van der Waals surface area contributed by atoms with Gasteiger partial charge in [0, 0.05) is 6.54 Å². The van der Waals surface area contributed by atoms with E-state index in [0.29, 0.717) is 5.69 Å². The SMILES string of the molecule is NC(=O)c1cccc(C2=CCNCC2)n1. The number of nitrogens with two attached hydrogens (primary N) is 1. The van der Waals surface area contributed by atoms with Crippen molar-refractivity contribution in [1.29, 1.82) is 0 Å². The van der Waals surface area contributed by atoms with E-state index >= 15 is 0 Å². The van der Waals surface area contributed by atoms with Gasteiger partial charge in [0.05, 0.1) is 5.69 Å². The lowest BCUT2D eigenvalue weighted by Crippen LogP contribution is -2.21. The minimum atomic E-state index is -0.480. The average molecular weight is 203 g/mol. The van der Waals surface area contributed by atoms with Gasteiger partial charge in [0.1, 0.15) is 5.69 Å². The number of hydrogen-bond acceptors (Lipinski definition) is 3. The van der Waals surface area contributed by atoms with Crippen LogP contribution in [0.4, 0.5) is 0 Å². The highest BCUT2D eigenvalue weighted by Crippen LogP contribution is 2.17. The fourth-order valence-electron chi connectivity index (χ4n) is 1.61. The molecule has 1 aromatic rings. The summed E-state index contributed by atoms with van der Waals surface area (Å²) in [6.07, 6.45) is 3.03. The van der Waals surface area contributed by atoms with Gasteiger partial charge in [-0.15, -0.1) is 0 Å². The Hall–Kier alpha value is -1.68. The number of amides is 1. The minimum absolute atomic E-state index is 0.326. The first kappa shape index (κ1) is 9.86. The third-order valence-corrected chi connectivity index (χ3v) is 2.39. The van der Waals surface area contributed by atoms with Crippen molar-refractivity contribution >= 4 is 11.5 Å². The Bertz CT molecular complexity index is 412. The van der Waals surface area contributed by atoms with E-state index in [1.807, 2.05) is 12.1 Å². The molecule has 2 heterocycles. The van der Waals surface area contributed by atoms with E-state index in [9.17, 15) is 4.79 Å². The molecule has 0 spiro atoms. The normalized spacial score (nSPS) is 15.9. The van der Waals surface area contributed by atoms with Gasteiger partial charge in [0.2, 0.25) is 0 Å². The monoisotopic (exact) mass is 203 g/mol. The van der Waals surface area contributed by atoms with E-state index in [1.165, 1.54) is 5.57 Å². The van der Waals surface area contributed by atoms with Crippen LogP contribution in [-0.4, -0.2) is 24.0 Å². The van der Waals surface area contributed by atoms with Crippen LogP contribution in [0, 0.1) is 0 Å². The molecule has 0 aromatic carbocycles. The maximum atomic E-state index is 11.0. The first-order valence-electron chi connectivity index (χ1n) is 4.94. The third kappa shape index (κ3) is 2.22. The number of aromatic nitrogens is 1. The number of primary amides is 1. The number of carbonyl (C=O) groups excluding carboxylic acids is 1. The summed E-state index contributed by atoms with van der Waals surface area (Å²) >= 11 is 0. The fraction of sp³-hybridized carbons (Fsp3) is 0.273. The van der Waals surface area contributed by atoms with E-state index in [-0.39, 0.29) is 0 Å². The highest BCUT2D eigenvalue weighted by molar-refractivity contribution is 5.91. The second kappa shape index (κ2) is 4.23. The summed E-state index contributed by atoms with van der Waals surface area (Å²) in [7, 11) is 0. The van der Waals surface area contributed by atoms with Gasteiger partial charge in [-0.05, 0) is 30.7 Å². The van der Waals surface area contributed by atoms with Crippen molar-refractivity contribution in [2.24, 2.45) is 5.73 Å². The molecule has 0 aliphatic carbocycles. The van der Waals surface area contributed by atoms with Gasteiger partial charge in [-0.25, -0.2) is 4.98 Å². The highest BCUT2D eigenvalue weighted by Gasteiger charge is 2.09. The van der Waals surface area contributed by atoms with Crippen molar-refractivity contribution in [2.45, 2.75) is 6.42 Å². The van der Waals surface area contributed by atoms with Crippen LogP contribution in [0.25, 0.3) is 5.57 Å². The molecule has 0 fully saturated rings. The van der Waals surface area contributed by atoms with Gasteiger partial charge in [-0.3, -0.25) is 4.79 Å². The summed E-state index contributed by atoms with van der Waals surface area (Å²) in [5, 5.41) is 3.23. The van der Waals surface area contributed by atoms with Crippen LogP contribution in [0.15, 0.2) is 24.3 Å². The maximum absolute atomic E-state index is 11.0. The van der Waals surface area contributed by atoms with Gasteiger partial charge >= 0.3 is 0 Å². The molecule has 0 bridgehead atoms. The standard InChI is InChI=1S/C11H13N3O/c12-11(15)10-3-1-2-9(14-10)8-4-6-13-7-5-8/h1-4,13H,5-7H2,(H2,12,15). The van der Waals surface area contributed by atoms with Crippen LogP contribution in [0.3, 0.4) is 0 Å². The van der Waals surface area contributed by atoms with Crippen molar-refractivity contribution in [2.75, 3.05) is 13.1 Å². The molecule has 0 radical (unpaired) electrons. The van der Waals surface area contributed by atoms with Crippen LogP contribution < -0.4 is 11.1 Å². The molecule has 78 valence electrons. The fourth-order valence-corrected chi connectivity index (χ4v) is 1.61. The van der Waals surface area contributed by atoms with Gasteiger partial charge < -0.3 is 11.1 Å². The maximum Gasteiger partial charge on any atom is 0.267 e. The van der Waals surface area contributed by atoms with Gasteiger partial charge in [0.25, 0.3) is 5.91 Å². The summed E-state index contributed by atoms with van der Waals surface area (Å²) < 4.78 is 0. The molecular weight excluding hydrogens is 190 g/mol. The highest BCUT2D eigenvalue weighted by atomic mass is 16.1. The number of hydrogen-bond donors (Lipinski definition) is 2. The lowest BCUT2D eigenvalue weighted by molar-refractivity contribution is 0.0995. The van der Waals surface area contributed by atoms with Gasteiger partial charge in [-0.1, -0.05) is 12.1 Å². The molecule has 15 heavy (non-hydrogen) atoms. The second-order valence-electron chi connectivity index (χ2n) is 3.46. The van der Waals surface area contributed by atoms with E-state index in [1.54, 1.807) is 6.07 Å². The summed E-state index contributed by atoms with van der Waals surface area (Å²) in [5.74, 6) is -0.480. The molecule has 2 rings (SSSR count). The molecule has 0 saturated heterocycles. The number of nitrogens with one attached hydrogen (secondary N) is 1. The van der Waals surface area contributed by atoms with Crippen LogP contribution in [0.5, 0.6) is 0 Å². The Kier molecular flexibility index (Phi) is 2.78. The molecule has 3 N–H and O–H groups in total. The zero-order chi connectivity index (χ0) is 10.7. The lowest BCUT2D eigenvalue weighted by atomic mass is 10.1. The Morgan fingerprint density at radius 1 is 1.47 bits per heavy atom. The average Bonchev–Trinajstić information content (AvgIpc) is 2.30. The third-order valence-electron chi connectivity index (χ3n) is 2.39. The Labute approximate surface area is 88.2 Å². The molecule has 4 heteroatoms. The predicted octanol–water partition coefficient (Wildman–Crippen LogP) is 0.557. The Morgan fingerprint density at radius 2 is 2.33 bits per heavy atom. The lowest BCUT2D eigenvalue weighted by Gasteiger charge is -2.13. The molecule has 0 saturated carbocycles. The van der Waals surface area contributed by atoms with E-state index in [2.05, 4.69) is 16.4 Å². The number of rotatable bonds is 2. The molecule has 0 unspecified atom stereocenters. The number of nitrogens with zero attached hydrogens (tertiary/aromatic N) is 1. The Morgan fingerprint density at radius 3 is 3.00 bits per heavy atom. The first-order valence-corrected chi connectivity index (χ1v) is 4.94. The zero-order valence-electron chi connectivity index (χ0n) is 8.36. The quantitative estimate of drug-likeness (QED) is 0.737. The molecule has 4 nitrogen and oxygen atoms in total. The van der Waals surface area contributed by atoms with E-state index < -0.39 is 5.91 Å². The van der Waals surface area contributed by atoms with E-state index in [0.717, 1.165) is 25.2 Å². The number of carbonyl (C=O) groups is 1. The largest absolute Gasteiger partial charge is 0.364 e. The van der Waals surface area contributed by atoms with Crippen molar-refractivity contribution in [3.8, 4) is 0 Å². The molecule has 1 aliphatic heterocycles. The zero-order valence-corrected chi connectivity index (χ0v) is 8.36. The van der Waals surface area contributed by atoms with Gasteiger partial charge in [0.15, 0.2) is 0 Å². The van der Waals surface area contributed by atoms with Crippen molar-refractivity contribution in [3.63, 3.8) is 0 Å². The van der Waals surface area contributed by atoms with Crippen molar-refractivity contribution in [3.05, 3.63) is 35.7 Å². The molecule has 1 aliphatic rings. The molecule has 1 amide bonds. The smallest absolute Gasteiger partial charge is 0.267 e. The first-order chi connectivity index (χ1) is 7.27. The predicted molar refractivity (Wildman–Crippen MR) is 58.2 cm³/mol. The molecular formula is C11H13N3O. The van der Waals surface area contributed by atoms with Crippen LogP contribution in [-0.2, 0) is 0 Å². The van der Waals surface area contributed by atoms with Crippen LogP contribution in [0.1, 0.15) is 22.6 Å². The summed E-state index contributed by atoms with van der Waals surface area (Å²) in [5.41, 5.74) is 7.54. The number of pyridine rings is 1. The second-order valence-corrected chi connectivity index (χ2v) is 3.46. The summed E-state index contributed by atoms with van der Waals surface area (Å²) in [4.78, 5) is 15.2. The molecule has 1 aromatic heterocycles. The van der Waals surface area contributed by atoms with Gasteiger partial charge in [-0.2, -0.15) is 0 Å². The summed E-state index contributed by atoms with van der Waals surface area (Å²) in [6, 6.07) is 5.35. The van der Waals surface area contributed by atoms with Crippen LogP contribution in [0.2, 0.25) is 0 Å². The van der Waals surface area contributed by atoms with Crippen molar-refractivity contribution in [1.82, 2.24) is 10.3 Å². The topological polar surface area (TPSA) is 68.0 Å².